The first-order chi connectivity index (χ1) is 11.7. The molecule has 0 amide bonds. The van der Waals surface area contributed by atoms with Gasteiger partial charge < -0.3 is 10.2 Å². The Kier molecular flexibility index (Phi) is 4.84. The number of aliphatic hydroxyl groups excluding tert-OH is 2. The Labute approximate surface area is 146 Å². The van der Waals surface area contributed by atoms with Gasteiger partial charge in [-0.15, -0.1) is 10.2 Å². The smallest absolute Gasteiger partial charge is 0.195 e. The van der Waals surface area contributed by atoms with Gasteiger partial charge in [0.25, 0.3) is 0 Å². The zero-order valence-corrected chi connectivity index (χ0v) is 14.1. The molecule has 122 valence electrons. The van der Waals surface area contributed by atoms with Crippen molar-refractivity contribution < 1.29 is 15.0 Å². The van der Waals surface area contributed by atoms with Crippen LogP contribution in [-0.2, 0) is 13.2 Å². The van der Waals surface area contributed by atoms with Crippen LogP contribution in [0.4, 0.5) is 0 Å². The third-order valence-corrected chi connectivity index (χ3v) is 4.05. The third-order valence-electron chi connectivity index (χ3n) is 3.56. The van der Waals surface area contributed by atoms with Crippen molar-refractivity contribution in [2.75, 3.05) is 0 Å². The molecule has 0 unspecified atom stereocenters. The number of halogens is 1. The predicted octanol–water partition coefficient (Wildman–Crippen LogP) is 2.25. The standard InChI is InChI=1S/C17H14BrN3O3/c18-12-6-7-14(21-15(9-22)19-20-16(21)10-23)13(8-12)17(24)11-4-2-1-3-5-11/h1-8,22-23H,9-10H2. The number of rotatable bonds is 5. The van der Waals surface area contributed by atoms with Crippen molar-refractivity contribution in [1.82, 2.24) is 14.8 Å². The molecule has 3 rings (SSSR count). The summed E-state index contributed by atoms with van der Waals surface area (Å²) in [4.78, 5) is 12.9. The van der Waals surface area contributed by atoms with Gasteiger partial charge >= 0.3 is 0 Å². The second kappa shape index (κ2) is 7.04. The lowest BCUT2D eigenvalue weighted by atomic mass is 10.0. The topological polar surface area (TPSA) is 88.2 Å². The number of hydrogen-bond acceptors (Lipinski definition) is 5. The Morgan fingerprint density at radius 3 is 2.21 bits per heavy atom. The van der Waals surface area contributed by atoms with Gasteiger partial charge in [-0.3, -0.25) is 9.36 Å². The molecule has 6 nitrogen and oxygen atoms in total. The molecule has 0 aliphatic heterocycles. The number of carbonyl (C=O) groups excluding carboxylic acids is 1. The number of benzene rings is 2. The maximum atomic E-state index is 12.9. The van der Waals surface area contributed by atoms with Crippen molar-refractivity contribution in [3.05, 3.63) is 75.8 Å². The van der Waals surface area contributed by atoms with E-state index in [-0.39, 0.29) is 30.6 Å². The molecule has 0 bridgehead atoms. The van der Waals surface area contributed by atoms with Gasteiger partial charge in [0.05, 0.1) is 5.69 Å². The first kappa shape index (κ1) is 16.5. The van der Waals surface area contributed by atoms with Crippen LogP contribution in [0.2, 0.25) is 0 Å². The Hall–Kier alpha value is -2.35. The summed E-state index contributed by atoms with van der Waals surface area (Å²) < 4.78 is 2.25. The van der Waals surface area contributed by atoms with Crippen molar-refractivity contribution in [3.63, 3.8) is 0 Å². The lowest BCUT2D eigenvalue weighted by Gasteiger charge is -2.13. The number of aromatic nitrogens is 3. The molecule has 0 atom stereocenters. The molecule has 0 radical (unpaired) electrons. The van der Waals surface area contributed by atoms with Crippen LogP contribution in [0, 0.1) is 0 Å². The number of nitrogens with zero attached hydrogens (tertiary/aromatic N) is 3. The van der Waals surface area contributed by atoms with Crippen molar-refractivity contribution in [1.29, 1.82) is 0 Å². The minimum atomic E-state index is -0.359. The Balaban J connectivity index is 2.21. The molecule has 0 saturated heterocycles. The third kappa shape index (κ3) is 3.01. The summed E-state index contributed by atoms with van der Waals surface area (Å²) in [5.74, 6) is 0.334. The summed E-state index contributed by atoms with van der Waals surface area (Å²) >= 11 is 3.38. The SMILES string of the molecule is O=C(c1ccccc1)c1cc(Br)ccc1-n1c(CO)nnc1CO. The van der Waals surface area contributed by atoms with Crippen LogP contribution >= 0.6 is 15.9 Å². The fourth-order valence-electron chi connectivity index (χ4n) is 2.47. The largest absolute Gasteiger partial charge is 0.388 e. The monoisotopic (exact) mass is 387 g/mol. The van der Waals surface area contributed by atoms with Gasteiger partial charge in [-0.2, -0.15) is 0 Å². The molecule has 1 heterocycles. The highest BCUT2D eigenvalue weighted by atomic mass is 79.9. The molecule has 0 fully saturated rings. The zero-order chi connectivity index (χ0) is 17.1. The van der Waals surface area contributed by atoms with Gasteiger partial charge in [-0.25, -0.2) is 0 Å². The highest BCUT2D eigenvalue weighted by molar-refractivity contribution is 9.10. The fraction of sp³-hybridized carbons (Fsp3) is 0.118. The maximum Gasteiger partial charge on any atom is 0.195 e. The number of carbonyl (C=O) groups is 1. The highest BCUT2D eigenvalue weighted by Crippen LogP contribution is 2.25. The van der Waals surface area contributed by atoms with E-state index in [1.165, 1.54) is 4.57 Å². The van der Waals surface area contributed by atoms with E-state index in [0.29, 0.717) is 16.8 Å². The maximum absolute atomic E-state index is 12.9. The number of aliphatic hydroxyl groups is 2. The van der Waals surface area contributed by atoms with Crippen LogP contribution in [0.25, 0.3) is 5.69 Å². The molecule has 2 N–H and O–H groups in total. The van der Waals surface area contributed by atoms with E-state index in [0.717, 1.165) is 4.47 Å². The van der Waals surface area contributed by atoms with Crippen LogP contribution in [0.5, 0.6) is 0 Å². The van der Waals surface area contributed by atoms with Crippen molar-refractivity contribution in [2.45, 2.75) is 13.2 Å². The van der Waals surface area contributed by atoms with E-state index < -0.39 is 0 Å². The number of hydrogen-bond donors (Lipinski definition) is 2. The lowest BCUT2D eigenvalue weighted by Crippen LogP contribution is -2.12. The minimum Gasteiger partial charge on any atom is -0.388 e. The van der Waals surface area contributed by atoms with Crippen molar-refractivity contribution >= 4 is 21.7 Å². The molecule has 0 spiro atoms. The summed E-state index contributed by atoms with van der Waals surface area (Å²) in [6.07, 6.45) is 0. The molecule has 1 aromatic heterocycles. The molecule has 2 aromatic carbocycles. The quantitative estimate of drug-likeness (QED) is 0.655. The minimum absolute atomic E-state index is 0.173. The van der Waals surface area contributed by atoms with E-state index in [2.05, 4.69) is 26.1 Å². The average molecular weight is 388 g/mol. The Morgan fingerprint density at radius 2 is 1.62 bits per heavy atom. The van der Waals surface area contributed by atoms with Gasteiger partial charge in [0.1, 0.15) is 13.2 Å². The van der Waals surface area contributed by atoms with E-state index in [1.807, 2.05) is 6.07 Å². The number of ketones is 1. The van der Waals surface area contributed by atoms with E-state index in [9.17, 15) is 15.0 Å². The fourth-order valence-corrected chi connectivity index (χ4v) is 2.83. The average Bonchev–Trinajstić information content (AvgIpc) is 3.04. The van der Waals surface area contributed by atoms with Crippen LogP contribution in [0.15, 0.2) is 53.0 Å². The van der Waals surface area contributed by atoms with Gasteiger partial charge in [0, 0.05) is 15.6 Å². The summed E-state index contributed by atoms with van der Waals surface area (Å²) in [5, 5.41) is 26.7. The van der Waals surface area contributed by atoms with Gasteiger partial charge in [0.2, 0.25) is 0 Å². The molecule has 0 aliphatic rings. The molecule has 3 aromatic rings. The van der Waals surface area contributed by atoms with Crippen LogP contribution in [0.1, 0.15) is 27.6 Å². The van der Waals surface area contributed by atoms with Gasteiger partial charge in [0.15, 0.2) is 17.4 Å². The lowest BCUT2D eigenvalue weighted by molar-refractivity contribution is 0.103. The van der Waals surface area contributed by atoms with E-state index in [1.54, 1.807) is 42.5 Å². The summed E-state index contributed by atoms with van der Waals surface area (Å²) in [6, 6.07) is 14.1. The first-order valence-electron chi connectivity index (χ1n) is 7.20. The molecule has 7 heteroatoms. The van der Waals surface area contributed by atoms with E-state index in [4.69, 9.17) is 0 Å². The van der Waals surface area contributed by atoms with Crippen molar-refractivity contribution in [3.8, 4) is 5.69 Å². The Bertz CT molecular complexity index is 857. The zero-order valence-electron chi connectivity index (χ0n) is 12.6. The summed E-state index contributed by atoms with van der Waals surface area (Å²) in [5.41, 5.74) is 1.46. The van der Waals surface area contributed by atoms with Crippen LogP contribution < -0.4 is 0 Å². The van der Waals surface area contributed by atoms with E-state index >= 15 is 0 Å². The summed E-state index contributed by atoms with van der Waals surface area (Å²) in [7, 11) is 0. The molecule has 24 heavy (non-hydrogen) atoms. The second-order valence-electron chi connectivity index (χ2n) is 5.04. The molecule has 0 aliphatic carbocycles. The van der Waals surface area contributed by atoms with Crippen LogP contribution in [-0.4, -0.2) is 30.8 Å². The predicted molar refractivity (Wildman–Crippen MR) is 90.8 cm³/mol. The normalized spacial score (nSPS) is 10.8. The van der Waals surface area contributed by atoms with Crippen molar-refractivity contribution in [2.24, 2.45) is 0 Å². The molecular formula is C17H14BrN3O3. The first-order valence-corrected chi connectivity index (χ1v) is 7.99. The highest BCUT2D eigenvalue weighted by Gasteiger charge is 2.20. The van der Waals surface area contributed by atoms with Gasteiger partial charge in [-0.05, 0) is 18.2 Å². The summed E-state index contributed by atoms with van der Waals surface area (Å²) in [6.45, 7) is -0.718. The van der Waals surface area contributed by atoms with Crippen LogP contribution in [0.3, 0.4) is 0 Å². The molecule has 0 saturated carbocycles. The van der Waals surface area contributed by atoms with Gasteiger partial charge in [-0.1, -0.05) is 46.3 Å². The second-order valence-corrected chi connectivity index (χ2v) is 5.96. The Morgan fingerprint density at radius 1 is 1.00 bits per heavy atom. The molecular weight excluding hydrogens is 374 g/mol.